The highest BCUT2D eigenvalue weighted by molar-refractivity contribution is 9.10. The van der Waals surface area contributed by atoms with Crippen molar-refractivity contribution < 1.29 is 0 Å². The van der Waals surface area contributed by atoms with E-state index in [4.69, 9.17) is 0 Å². The summed E-state index contributed by atoms with van der Waals surface area (Å²) < 4.78 is 0.979. The summed E-state index contributed by atoms with van der Waals surface area (Å²) in [5.74, 6) is 0. The first kappa shape index (κ1) is 10.1. The highest BCUT2D eigenvalue weighted by Crippen LogP contribution is 2.20. The van der Waals surface area contributed by atoms with E-state index in [2.05, 4.69) is 27.5 Å². The third-order valence-electron chi connectivity index (χ3n) is 2.16. The zero-order chi connectivity index (χ0) is 10.7. The molecular weight excluding hydrogens is 250 g/mol. The second-order valence-electron chi connectivity index (χ2n) is 3.21. The van der Waals surface area contributed by atoms with Crippen molar-refractivity contribution in [2.75, 3.05) is 0 Å². The van der Waals surface area contributed by atoms with Gasteiger partial charge in [-0.15, -0.1) is 0 Å². The van der Waals surface area contributed by atoms with E-state index in [9.17, 15) is 0 Å². The lowest BCUT2D eigenvalue weighted by molar-refractivity contribution is 1.26. The number of hydrogen-bond donors (Lipinski definition) is 0. The van der Waals surface area contributed by atoms with Crippen LogP contribution in [0.1, 0.15) is 11.3 Å². The van der Waals surface area contributed by atoms with E-state index in [0.29, 0.717) is 0 Å². The van der Waals surface area contributed by atoms with Crippen LogP contribution in [0, 0.1) is 0 Å². The molecule has 74 valence electrons. The Morgan fingerprint density at radius 3 is 2.40 bits per heavy atom. The predicted molar refractivity (Wildman–Crippen MR) is 66.5 cm³/mol. The van der Waals surface area contributed by atoms with Gasteiger partial charge in [-0.1, -0.05) is 36.9 Å². The van der Waals surface area contributed by atoms with Gasteiger partial charge in [-0.25, -0.2) is 0 Å². The first-order valence-corrected chi connectivity index (χ1v) is 5.43. The molecular formula is C13H10BrN. The maximum absolute atomic E-state index is 4.31. The van der Waals surface area contributed by atoms with Gasteiger partial charge in [0.1, 0.15) is 0 Å². The minimum Gasteiger partial charge on any atom is -0.255 e. The molecule has 0 saturated heterocycles. The lowest BCUT2D eigenvalue weighted by atomic mass is 10.0. The van der Waals surface area contributed by atoms with Crippen LogP contribution in [0.15, 0.2) is 59.7 Å². The van der Waals surface area contributed by atoms with Gasteiger partial charge in [-0.2, -0.15) is 0 Å². The summed E-state index contributed by atoms with van der Waals surface area (Å²) in [7, 11) is 0. The Bertz CT molecular complexity index is 460. The second-order valence-corrected chi connectivity index (χ2v) is 4.12. The molecule has 0 unspecified atom stereocenters. The van der Waals surface area contributed by atoms with E-state index in [1.165, 1.54) is 0 Å². The Morgan fingerprint density at radius 2 is 1.80 bits per heavy atom. The van der Waals surface area contributed by atoms with Gasteiger partial charge in [0.15, 0.2) is 0 Å². The van der Waals surface area contributed by atoms with Gasteiger partial charge in [0.2, 0.25) is 0 Å². The fraction of sp³-hybridized carbons (Fsp3) is 0. The van der Waals surface area contributed by atoms with E-state index < -0.39 is 0 Å². The van der Waals surface area contributed by atoms with Crippen molar-refractivity contribution in [2.24, 2.45) is 0 Å². The Morgan fingerprint density at radius 1 is 1.07 bits per heavy atom. The van der Waals surface area contributed by atoms with Gasteiger partial charge in [0.25, 0.3) is 0 Å². The average Bonchev–Trinajstić information content (AvgIpc) is 2.30. The molecule has 15 heavy (non-hydrogen) atoms. The van der Waals surface area contributed by atoms with Crippen molar-refractivity contribution in [3.05, 3.63) is 71.0 Å². The summed E-state index contributed by atoms with van der Waals surface area (Å²) in [6.45, 7) is 4.05. The van der Waals surface area contributed by atoms with Crippen LogP contribution in [0.5, 0.6) is 0 Å². The Balaban J connectivity index is 2.33. The van der Waals surface area contributed by atoms with Gasteiger partial charge in [0.05, 0.1) is 5.69 Å². The van der Waals surface area contributed by atoms with E-state index in [1.54, 1.807) is 6.20 Å². The molecule has 1 nitrogen and oxygen atoms in total. The molecule has 1 aromatic carbocycles. The quantitative estimate of drug-likeness (QED) is 0.797. The van der Waals surface area contributed by atoms with Crippen LogP contribution in [-0.4, -0.2) is 4.98 Å². The highest BCUT2D eigenvalue weighted by Gasteiger charge is 2.02. The summed E-state index contributed by atoms with van der Waals surface area (Å²) in [6.07, 6.45) is 1.78. The van der Waals surface area contributed by atoms with E-state index >= 15 is 0 Å². The zero-order valence-electron chi connectivity index (χ0n) is 8.15. The molecule has 1 heterocycles. The molecule has 0 fully saturated rings. The number of pyridine rings is 1. The van der Waals surface area contributed by atoms with E-state index in [-0.39, 0.29) is 0 Å². The molecule has 0 atom stereocenters. The maximum atomic E-state index is 4.31. The first-order chi connectivity index (χ1) is 7.27. The number of nitrogens with zero attached hydrogens (tertiary/aromatic N) is 1. The van der Waals surface area contributed by atoms with Crippen LogP contribution in [0.3, 0.4) is 0 Å². The number of benzene rings is 1. The summed E-state index contributed by atoms with van der Waals surface area (Å²) in [5, 5.41) is 0. The molecule has 0 aliphatic heterocycles. The molecule has 0 amide bonds. The van der Waals surface area contributed by atoms with Crippen molar-refractivity contribution in [1.29, 1.82) is 0 Å². The van der Waals surface area contributed by atoms with Crippen molar-refractivity contribution in [1.82, 2.24) is 4.98 Å². The molecule has 0 aliphatic rings. The van der Waals surface area contributed by atoms with Crippen molar-refractivity contribution in [3.8, 4) is 0 Å². The number of aromatic nitrogens is 1. The van der Waals surface area contributed by atoms with Gasteiger partial charge < -0.3 is 0 Å². The minimum absolute atomic E-state index is 0.907. The Hall–Kier alpha value is -1.41. The maximum Gasteiger partial charge on any atom is 0.0702 e. The minimum atomic E-state index is 0.907. The molecule has 1 aromatic heterocycles. The summed E-state index contributed by atoms with van der Waals surface area (Å²) >= 11 is 3.36. The monoisotopic (exact) mass is 259 g/mol. The third kappa shape index (κ3) is 2.34. The molecule has 0 saturated carbocycles. The van der Waals surface area contributed by atoms with Crippen molar-refractivity contribution in [2.45, 2.75) is 0 Å². The number of halogens is 1. The molecule has 0 bridgehead atoms. The van der Waals surface area contributed by atoms with E-state index in [1.807, 2.05) is 42.5 Å². The standard InChI is InChI=1S/C13H10BrN/c1-10(11-5-3-2-4-6-11)13-8-7-12(14)9-15-13/h2-9H,1H2. The van der Waals surface area contributed by atoms with Crippen molar-refractivity contribution in [3.63, 3.8) is 0 Å². The predicted octanol–water partition coefficient (Wildman–Crippen LogP) is 3.91. The van der Waals surface area contributed by atoms with Crippen molar-refractivity contribution >= 4 is 21.5 Å². The van der Waals surface area contributed by atoms with Crippen LogP contribution in [0.4, 0.5) is 0 Å². The largest absolute Gasteiger partial charge is 0.255 e. The third-order valence-corrected chi connectivity index (χ3v) is 2.63. The average molecular weight is 260 g/mol. The van der Waals surface area contributed by atoms with Gasteiger partial charge >= 0.3 is 0 Å². The Kier molecular flexibility index (Phi) is 2.97. The first-order valence-electron chi connectivity index (χ1n) is 4.63. The molecule has 0 radical (unpaired) electrons. The van der Waals surface area contributed by atoms with Crippen LogP contribution in [0.25, 0.3) is 5.57 Å². The van der Waals surface area contributed by atoms with E-state index in [0.717, 1.165) is 21.3 Å². The lowest BCUT2D eigenvalue weighted by Crippen LogP contribution is -1.89. The smallest absolute Gasteiger partial charge is 0.0702 e. The molecule has 2 heteroatoms. The molecule has 0 aliphatic carbocycles. The van der Waals surface area contributed by atoms with Crippen LogP contribution >= 0.6 is 15.9 Å². The zero-order valence-corrected chi connectivity index (χ0v) is 9.74. The second kappa shape index (κ2) is 4.41. The van der Waals surface area contributed by atoms with Crippen LogP contribution in [-0.2, 0) is 0 Å². The van der Waals surface area contributed by atoms with Crippen LogP contribution < -0.4 is 0 Å². The molecule has 0 N–H and O–H groups in total. The number of hydrogen-bond acceptors (Lipinski definition) is 1. The van der Waals surface area contributed by atoms with Crippen LogP contribution in [0.2, 0.25) is 0 Å². The normalized spacial score (nSPS) is 9.93. The summed E-state index contributed by atoms with van der Waals surface area (Å²) in [6, 6.07) is 14.0. The molecule has 2 aromatic rings. The Labute approximate surface area is 97.6 Å². The number of rotatable bonds is 2. The fourth-order valence-corrected chi connectivity index (χ4v) is 1.58. The van der Waals surface area contributed by atoms with Gasteiger partial charge in [-0.05, 0) is 33.6 Å². The molecule has 2 rings (SSSR count). The fourth-order valence-electron chi connectivity index (χ4n) is 1.34. The van der Waals surface area contributed by atoms with Gasteiger partial charge in [-0.3, -0.25) is 4.98 Å². The highest BCUT2D eigenvalue weighted by atomic mass is 79.9. The molecule has 0 spiro atoms. The topological polar surface area (TPSA) is 12.9 Å². The summed E-state index contributed by atoms with van der Waals surface area (Å²) in [4.78, 5) is 4.31. The SMILES string of the molecule is C=C(c1ccccc1)c1ccc(Br)cn1. The summed E-state index contributed by atoms with van der Waals surface area (Å²) in [5.41, 5.74) is 2.96. The van der Waals surface area contributed by atoms with Gasteiger partial charge in [0, 0.05) is 16.2 Å². The lowest BCUT2D eigenvalue weighted by Gasteiger charge is -2.04.